The maximum atomic E-state index is 13.7. The van der Waals surface area contributed by atoms with Crippen molar-refractivity contribution in [2.24, 2.45) is 0 Å². The molecule has 1 aliphatic heterocycles. The molecule has 2 heterocycles. The van der Waals surface area contributed by atoms with Crippen LogP contribution in [0.4, 0.5) is 32.0 Å². The van der Waals surface area contributed by atoms with Crippen LogP contribution in [0.25, 0.3) is 10.9 Å². The van der Waals surface area contributed by atoms with Crippen LogP contribution < -0.4 is 10.5 Å². The number of benzene rings is 1. The van der Waals surface area contributed by atoms with Gasteiger partial charge in [0.25, 0.3) is 0 Å². The van der Waals surface area contributed by atoms with Gasteiger partial charge in [0.05, 0.1) is 5.56 Å². The molecule has 2 aromatic rings. The summed E-state index contributed by atoms with van der Waals surface area (Å²) in [5.41, 5.74) is -1.63. The van der Waals surface area contributed by atoms with Gasteiger partial charge in [-0.2, -0.15) is 26.3 Å². The van der Waals surface area contributed by atoms with Crippen molar-refractivity contribution in [3.8, 4) is 0 Å². The lowest BCUT2D eigenvalue weighted by atomic mass is 9.87. The summed E-state index contributed by atoms with van der Waals surface area (Å²) in [6.45, 7) is 2.28. The summed E-state index contributed by atoms with van der Waals surface area (Å²) in [7, 11) is 0. The van der Waals surface area contributed by atoms with E-state index < -0.39 is 42.0 Å². The van der Waals surface area contributed by atoms with Crippen molar-refractivity contribution in [3.63, 3.8) is 0 Å². The monoisotopic (exact) mass is 406 g/mol. The zero-order valence-electron chi connectivity index (χ0n) is 15.3. The lowest BCUT2D eigenvalue weighted by Crippen LogP contribution is -2.39. The minimum atomic E-state index is -4.79. The number of alkyl halides is 6. The Balaban J connectivity index is 2.31. The van der Waals surface area contributed by atoms with Crippen molar-refractivity contribution in [3.05, 3.63) is 39.7 Å². The number of nitrogens with zero attached hydrogens (tertiary/aromatic N) is 1. The Hall–Kier alpha value is -2.19. The molecule has 0 bridgehead atoms. The second kappa shape index (κ2) is 7.00. The first-order valence-corrected chi connectivity index (χ1v) is 9.04. The fraction of sp³-hybridized carbons (Fsp3) is 0.526. The van der Waals surface area contributed by atoms with Gasteiger partial charge in [-0.05, 0) is 31.0 Å². The van der Waals surface area contributed by atoms with Crippen molar-refractivity contribution in [1.29, 1.82) is 0 Å². The number of nitrogens with one attached hydrogen (secondary N) is 1. The predicted octanol–water partition coefficient (Wildman–Crippen LogP) is 5.59. The summed E-state index contributed by atoms with van der Waals surface area (Å²) >= 11 is 0. The number of hydrogen-bond donors (Lipinski definition) is 1. The van der Waals surface area contributed by atoms with Crippen LogP contribution in [0, 0.1) is 0 Å². The lowest BCUT2D eigenvalue weighted by Gasteiger charge is -2.28. The van der Waals surface area contributed by atoms with Crippen molar-refractivity contribution >= 4 is 16.6 Å². The zero-order valence-corrected chi connectivity index (χ0v) is 15.3. The summed E-state index contributed by atoms with van der Waals surface area (Å²) in [5.74, 6) is -0.493. The van der Waals surface area contributed by atoms with E-state index in [4.69, 9.17) is 0 Å². The normalized spacial score (nSPS) is 20.1. The number of rotatable bonds is 4. The van der Waals surface area contributed by atoms with E-state index in [1.807, 2.05) is 6.92 Å². The lowest BCUT2D eigenvalue weighted by molar-refractivity contribution is -0.136. The first kappa shape index (κ1) is 20.5. The van der Waals surface area contributed by atoms with E-state index in [2.05, 4.69) is 4.98 Å². The molecule has 0 spiro atoms. The molecule has 3 nitrogen and oxygen atoms in total. The highest BCUT2D eigenvalue weighted by atomic mass is 19.4. The fourth-order valence-corrected chi connectivity index (χ4v) is 4.13. The Morgan fingerprint density at radius 3 is 2.39 bits per heavy atom. The number of fused-ring (bicyclic) bond motifs is 3. The minimum absolute atomic E-state index is 0.0128. The molecule has 1 aliphatic rings. The topological polar surface area (TPSA) is 36.1 Å². The van der Waals surface area contributed by atoms with Gasteiger partial charge in [0.1, 0.15) is 6.54 Å². The van der Waals surface area contributed by atoms with Crippen molar-refractivity contribution < 1.29 is 26.3 Å². The van der Waals surface area contributed by atoms with E-state index in [1.54, 1.807) is 6.92 Å². The summed E-state index contributed by atoms with van der Waals surface area (Å²) in [4.78, 5) is 15.2. The molecule has 1 N–H and O–H groups in total. The smallest absolute Gasteiger partial charge is 0.359 e. The van der Waals surface area contributed by atoms with Crippen LogP contribution in [0.2, 0.25) is 0 Å². The van der Waals surface area contributed by atoms with E-state index in [9.17, 15) is 31.1 Å². The Morgan fingerprint density at radius 2 is 1.82 bits per heavy atom. The van der Waals surface area contributed by atoms with Crippen molar-refractivity contribution in [2.45, 2.75) is 57.4 Å². The van der Waals surface area contributed by atoms with Crippen LogP contribution in [0.15, 0.2) is 23.0 Å². The van der Waals surface area contributed by atoms with Crippen molar-refractivity contribution in [2.75, 3.05) is 11.4 Å². The van der Waals surface area contributed by atoms with Crippen LogP contribution in [-0.4, -0.2) is 23.7 Å². The maximum absolute atomic E-state index is 13.7. The van der Waals surface area contributed by atoms with Gasteiger partial charge in [0.2, 0.25) is 5.56 Å². The van der Waals surface area contributed by atoms with E-state index in [1.165, 1.54) is 12.1 Å². The summed E-state index contributed by atoms with van der Waals surface area (Å²) < 4.78 is 80.4. The second-order valence-electron chi connectivity index (χ2n) is 7.20. The van der Waals surface area contributed by atoms with Gasteiger partial charge in [-0.25, -0.2) is 0 Å². The number of pyridine rings is 1. The maximum Gasteiger partial charge on any atom is 0.417 e. The summed E-state index contributed by atoms with van der Waals surface area (Å²) in [6.07, 6.45) is -7.37. The molecule has 9 heteroatoms. The minimum Gasteiger partial charge on any atom is -0.359 e. The summed E-state index contributed by atoms with van der Waals surface area (Å²) in [6, 6.07) is 2.50. The first-order chi connectivity index (χ1) is 12.9. The Labute approximate surface area is 157 Å². The quantitative estimate of drug-likeness (QED) is 0.672. The van der Waals surface area contributed by atoms with E-state index in [-0.39, 0.29) is 22.2 Å². The van der Waals surface area contributed by atoms with Gasteiger partial charge in [0.15, 0.2) is 0 Å². The standard InChI is InChI=1S/C19H20F6N2O/c1-3-4-5-11-10(2)27(9-18(20,21)22)14-7-6-13-17(16(11)14)12(19(23,24)25)8-15(28)26-13/h6-8,10-11H,3-5,9H2,1-2H3,(H,26,28). The Morgan fingerprint density at radius 1 is 1.14 bits per heavy atom. The average molecular weight is 406 g/mol. The third kappa shape index (κ3) is 3.71. The van der Waals surface area contributed by atoms with Gasteiger partial charge in [-0.3, -0.25) is 4.79 Å². The Kier molecular flexibility index (Phi) is 5.14. The molecule has 0 saturated carbocycles. The molecule has 1 aromatic carbocycles. The molecule has 2 atom stereocenters. The predicted molar refractivity (Wildman–Crippen MR) is 94.7 cm³/mol. The number of anilines is 1. The molecule has 0 fully saturated rings. The van der Waals surface area contributed by atoms with Crippen LogP contribution in [0.1, 0.15) is 50.2 Å². The van der Waals surface area contributed by atoms with Gasteiger partial charge < -0.3 is 9.88 Å². The molecule has 154 valence electrons. The van der Waals surface area contributed by atoms with Crippen LogP contribution >= 0.6 is 0 Å². The van der Waals surface area contributed by atoms with E-state index in [0.717, 1.165) is 11.3 Å². The number of halogens is 6. The number of hydrogen-bond acceptors (Lipinski definition) is 2. The third-order valence-electron chi connectivity index (χ3n) is 5.30. The van der Waals surface area contributed by atoms with Crippen molar-refractivity contribution in [1.82, 2.24) is 4.98 Å². The van der Waals surface area contributed by atoms with Crippen LogP contribution in [-0.2, 0) is 6.18 Å². The SMILES string of the molecule is CCCCC1c2c(ccc3[nH]c(=O)cc(C(F)(F)F)c23)N(CC(F)(F)F)C1C. The number of unbranched alkanes of at least 4 members (excludes halogenated alkanes) is 1. The Bertz CT molecular complexity index is 931. The zero-order chi connectivity index (χ0) is 20.9. The third-order valence-corrected chi connectivity index (χ3v) is 5.30. The van der Waals surface area contributed by atoms with E-state index in [0.29, 0.717) is 18.9 Å². The molecular weight excluding hydrogens is 386 g/mol. The molecule has 0 aliphatic carbocycles. The number of aromatic nitrogens is 1. The fourth-order valence-electron chi connectivity index (χ4n) is 4.13. The van der Waals surface area contributed by atoms with Gasteiger partial charge in [-0.1, -0.05) is 19.8 Å². The van der Waals surface area contributed by atoms with Crippen LogP contribution in [0.5, 0.6) is 0 Å². The van der Waals surface area contributed by atoms with Gasteiger partial charge in [0, 0.05) is 34.6 Å². The summed E-state index contributed by atoms with van der Waals surface area (Å²) in [5, 5.41) is -0.206. The highest BCUT2D eigenvalue weighted by Gasteiger charge is 2.44. The largest absolute Gasteiger partial charge is 0.417 e. The molecular formula is C19H20F6N2O. The highest BCUT2D eigenvalue weighted by molar-refractivity contribution is 5.93. The highest BCUT2D eigenvalue weighted by Crippen LogP contribution is 2.49. The molecule has 0 radical (unpaired) electrons. The molecule has 2 unspecified atom stereocenters. The molecule has 28 heavy (non-hydrogen) atoms. The number of H-pyrrole nitrogens is 1. The second-order valence-corrected chi connectivity index (χ2v) is 7.20. The van der Waals surface area contributed by atoms with Gasteiger partial charge in [-0.15, -0.1) is 0 Å². The molecule has 3 rings (SSSR count). The van der Waals surface area contributed by atoms with E-state index >= 15 is 0 Å². The van der Waals surface area contributed by atoms with Crippen LogP contribution in [0.3, 0.4) is 0 Å². The first-order valence-electron chi connectivity index (χ1n) is 9.04. The molecule has 0 saturated heterocycles. The molecule has 0 amide bonds. The van der Waals surface area contributed by atoms with Gasteiger partial charge >= 0.3 is 12.4 Å². The number of aromatic amines is 1. The average Bonchev–Trinajstić information content (AvgIpc) is 2.82. The molecule has 1 aromatic heterocycles.